The summed E-state index contributed by atoms with van der Waals surface area (Å²) in [6, 6.07) is 0.717. The molecule has 2 saturated heterocycles. The molecule has 1 amide bonds. The number of piperazine rings is 1. The lowest BCUT2D eigenvalue weighted by Crippen LogP contribution is -2.48. The molecule has 1 unspecified atom stereocenters. The van der Waals surface area contributed by atoms with E-state index in [0.717, 1.165) is 32.7 Å². The first kappa shape index (κ1) is 14.8. The van der Waals surface area contributed by atoms with Gasteiger partial charge in [-0.15, -0.1) is 0 Å². The van der Waals surface area contributed by atoms with Crippen LogP contribution in [0.25, 0.3) is 0 Å². The average molecular weight is 267 g/mol. The fourth-order valence-electron chi connectivity index (χ4n) is 3.27. The van der Waals surface area contributed by atoms with E-state index in [4.69, 9.17) is 0 Å². The van der Waals surface area contributed by atoms with Crippen LogP contribution in [0.2, 0.25) is 0 Å². The first-order valence-corrected chi connectivity index (χ1v) is 7.91. The molecule has 2 aliphatic rings. The maximum atomic E-state index is 12.2. The minimum absolute atomic E-state index is 0.355. The van der Waals surface area contributed by atoms with Gasteiger partial charge in [-0.25, -0.2) is 0 Å². The lowest BCUT2D eigenvalue weighted by Gasteiger charge is -2.36. The van der Waals surface area contributed by atoms with Crippen molar-refractivity contribution in [3.63, 3.8) is 0 Å². The van der Waals surface area contributed by atoms with Gasteiger partial charge in [0, 0.05) is 45.2 Å². The van der Waals surface area contributed by atoms with Crippen LogP contribution in [0, 0.1) is 0 Å². The third-order valence-electron chi connectivity index (χ3n) is 4.69. The molecule has 4 heteroatoms. The number of likely N-dealkylation sites (N-methyl/N-ethyl adjacent to an activating group) is 1. The first-order valence-electron chi connectivity index (χ1n) is 7.91. The fraction of sp³-hybridized carbons (Fsp3) is 0.933. The molecule has 2 fully saturated rings. The Balaban J connectivity index is 1.73. The number of likely N-dealkylation sites (tertiary alicyclic amines) is 1. The summed E-state index contributed by atoms with van der Waals surface area (Å²) in [7, 11) is 2.13. The number of nitrogens with zero attached hydrogens (tertiary/aromatic N) is 3. The van der Waals surface area contributed by atoms with Crippen LogP contribution in [-0.2, 0) is 4.79 Å². The zero-order valence-corrected chi connectivity index (χ0v) is 12.6. The standard InChI is InChI=1S/C15H29N3O/c1-3-14-6-4-5-8-17(14)9-7-15(19)18-12-10-16(2)11-13-18/h14H,3-13H2,1-2H3. The van der Waals surface area contributed by atoms with Crippen LogP contribution < -0.4 is 0 Å². The van der Waals surface area contributed by atoms with Crippen LogP contribution in [0.1, 0.15) is 39.0 Å². The molecule has 2 rings (SSSR count). The Bertz CT molecular complexity index is 287. The molecule has 2 aliphatic heterocycles. The highest BCUT2D eigenvalue weighted by atomic mass is 16.2. The molecule has 0 aliphatic carbocycles. The number of carbonyl (C=O) groups excluding carboxylic acids is 1. The lowest BCUT2D eigenvalue weighted by atomic mass is 10.00. The normalized spacial score (nSPS) is 26.6. The van der Waals surface area contributed by atoms with Crippen LogP contribution >= 0.6 is 0 Å². The Hall–Kier alpha value is -0.610. The highest BCUT2D eigenvalue weighted by Gasteiger charge is 2.23. The number of carbonyl (C=O) groups is 1. The predicted molar refractivity (Wildman–Crippen MR) is 78.2 cm³/mol. The second-order valence-corrected chi connectivity index (χ2v) is 6.03. The molecule has 0 N–H and O–H groups in total. The van der Waals surface area contributed by atoms with Crippen molar-refractivity contribution in [3.8, 4) is 0 Å². The summed E-state index contributed by atoms with van der Waals surface area (Å²) in [5, 5.41) is 0. The Morgan fingerprint density at radius 3 is 2.53 bits per heavy atom. The van der Waals surface area contributed by atoms with Crippen molar-refractivity contribution in [2.75, 3.05) is 46.3 Å². The molecule has 110 valence electrons. The largest absolute Gasteiger partial charge is 0.340 e. The molecule has 0 aromatic carbocycles. The monoisotopic (exact) mass is 267 g/mol. The van der Waals surface area contributed by atoms with E-state index in [1.807, 2.05) is 4.90 Å². The summed E-state index contributed by atoms with van der Waals surface area (Å²) in [6.07, 6.45) is 5.92. The Labute approximate surface area is 117 Å². The van der Waals surface area contributed by atoms with Crippen LogP contribution in [-0.4, -0.2) is 73.0 Å². The van der Waals surface area contributed by atoms with E-state index in [1.165, 1.54) is 32.2 Å². The Morgan fingerprint density at radius 1 is 1.11 bits per heavy atom. The van der Waals surface area contributed by atoms with Gasteiger partial charge in [-0.3, -0.25) is 9.69 Å². The maximum absolute atomic E-state index is 12.2. The summed E-state index contributed by atoms with van der Waals surface area (Å²) in [5.74, 6) is 0.355. The number of piperidine rings is 1. The van der Waals surface area contributed by atoms with Crippen LogP contribution in [0.4, 0.5) is 0 Å². The van der Waals surface area contributed by atoms with Gasteiger partial charge >= 0.3 is 0 Å². The highest BCUT2D eigenvalue weighted by Crippen LogP contribution is 2.19. The van der Waals surface area contributed by atoms with E-state index in [9.17, 15) is 4.79 Å². The fourth-order valence-corrected chi connectivity index (χ4v) is 3.27. The predicted octanol–water partition coefficient (Wildman–Crippen LogP) is 1.42. The number of amides is 1. The van der Waals surface area contributed by atoms with Crippen molar-refractivity contribution in [1.82, 2.24) is 14.7 Å². The molecule has 2 heterocycles. The summed E-state index contributed by atoms with van der Waals surface area (Å²) in [4.78, 5) is 19.1. The summed E-state index contributed by atoms with van der Waals surface area (Å²) in [5.41, 5.74) is 0. The second-order valence-electron chi connectivity index (χ2n) is 6.03. The molecule has 0 radical (unpaired) electrons. The van der Waals surface area contributed by atoms with Crippen molar-refractivity contribution < 1.29 is 4.79 Å². The van der Waals surface area contributed by atoms with Crippen molar-refractivity contribution in [1.29, 1.82) is 0 Å². The third kappa shape index (κ3) is 4.18. The molecule has 19 heavy (non-hydrogen) atoms. The highest BCUT2D eigenvalue weighted by molar-refractivity contribution is 5.76. The summed E-state index contributed by atoms with van der Waals surface area (Å²) >= 11 is 0. The van der Waals surface area contributed by atoms with Gasteiger partial charge in [0.1, 0.15) is 0 Å². The van der Waals surface area contributed by atoms with Crippen LogP contribution in [0.15, 0.2) is 0 Å². The van der Waals surface area contributed by atoms with E-state index in [2.05, 4.69) is 23.8 Å². The van der Waals surface area contributed by atoms with Crippen LogP contribution in [0.3, 0.4) is 0 Å². The van der Waals surface area contributed by atoms with Gasteiger partial charge in [-0.1, -0.05) is 13.3 Å². The molecule has 1 atom stereocenters. The van der Waals surface area contributed by atoms with Gasteiger partial charge in [0.15, 0.2) is 0 Å². The molecular formula is C15H29N3O. The summed E-state index contributed by atoms with van der Waals surface area (Å²) < 4.78 is 0. The van der Waals surface area contributed by atoms with Crippen molar-refractivity contribution in [2.24, 2.45) is 0 Å². The van der Waals surface area contributed by atoms with Gasteiger partial charge in [0.25, 0.3) is 0 Å². The molecule has 0 bridgehead atoms. The van der Waals surface area contributed by atoms with E-state index in [0.29, 0.717) is 18.4 Å². The maximum Gasteiger partial charge on any atom is 0.223 e. The smallest absolute Gasteiger partial charge is 0.223 e. The van der Waals surface area contributed by atoms with E-state index < -0.39 is 0 Å². The van der Waals surface area contributed by atoms with Crippen molar-refractivity contribution >= 4 is 5.91 Å². The Morgan fingerprint density at radius 2 is 1.84 bits per heavy atom. The topological polar surface area (TPSA) is 26.8 Å². The third-order valence-corrected chi connectivity index (χ3v) is 4.69. The SMILES string of the molecule is CCC1CCCCN1CCC(=O)N1CCN(C)CC1. The van der Waals surface area contributed by atoms with Crippen LogP contribution in [0.5, 0.6) is 0 Å². The van der Waals surface area contributed by atoms with Gasteiger partial charge in [0.2, 0.25) is 5.91 Å². The lowest BCUT2D eigenvalue weighted by molar-refractivity contribution is -0.133. The Kier molecular flexibility index (Phi) is 5.64. The van der Waals surface area contributed by atoms with Gasteiger partial charge in [-0.05, 0) is 32.9 Å². The van der Waals surface area contributed by atoms with Gasteiger partial charge in [0.05, 0.1) is 0 Å². The summed E-state index contributed by atoms with van der Waals surface area (Å²) in [6.45, 7) is 8.28. The van der Waals surface area contributed by atoms with Gasteiger partial charge in [-0.2, -0.15) is 0 Å². The minimum atomic E-state index is 0.355. The number of hydrogen-bond acceptors (Lipinski definition) is 3. The van der Waals surface area contributed by atoms with E-state index in [-0.39, 0.29) is 0 Å². The molecule has 0 aromatic heterocycles. The molecule has 0 saturated carbocycles. The molecule has 4 nitrogen and oxygen atoms in total. The quantitative estimate of drug-likeness (QED) is 0.771. The van der Waals surface area contributed by atoms with E-state index in [1.54, 1.807) is 0 Å². The average Bonchev–Trinajstić information content (AvgIpc) is 2.45. The van der Waals surface area contributed by atoms with E-state index >= 15 is 0 Å². The molecule has 0 aromatic rings. The molecule has 0 spiro atoms. The first-order chi connectivity index (χ1) is 9.20. The van der Waals surface area contributed by atoms with Gasteiger partial charge < -0.3 is 9.80 Å². The zero-order chi connectivity index (χ0) is 13.7. The minimum Gasteiger partial charge on any atom is -0.340 e. The second kappa shape index (κ2) is 7.25. The zero-order valence-electron chi connectivity index (χ0n) is 12.6. The number of rotatable bonds is 4. The molecular weight excluding hydrogens is 238 g/mol. The number of hydrogen-bond donors (Lipinski definition) is 0. The van der Waals surface area contributed by atoms with Crippen molar-refractivity contribution in [3.05, 3.63) is 0 Å². The van der Waals surface area contributed by atoms with Crippen molar-refractivity contribution in [2.45, 2.75) is 45.1 Å².